The van der Waals surface area contributed by atoms with E-state index < -0.39 is 0 Å². The van der Waals surface area contributed by atoms with Crippen molar-refractivity contribution in [2.75, 3.05) is 0 Å². The van der Waals surface area contributed by atoms with Crippen molar-refractivity contribution in [2.45, 2.75) is 25.0 Å². The van der Waals surface area contributed by atoms with E-state index in [1.807, 2.05) is 12.1 Å². The van der Waals surface area contributed by atoms with Crippen LogP contribution in [0.1, 0.15) is 23.2 Å². The van der Waals surface area contributed by atoms with Crippen molar-refractivity contribution in [2.24, 2.45) is 0 Å². The lowest BCUT2D eigenvalue weighted by Gasteiger charge is -2.10. The molecule has 1 nitrogen and oxygen atoms in total. The van der Waals surface area contributed by atoms with E-state index >= 15 is 0 Å². The Labute approximate surface area is 105 Å². The summed E-state index contributed by atoms with van der Waals surface area (Å²) in [5.74, 6) is 0.766. The smallest absolute Gasteiger partial charge is 0.0894 e. The van der Waals surface area contributed by atoms with Gasteiger partial charge in [-0.3, -0.25) is 4.98 Å². The summed E-state index contributed by atoms with van der Waals surface area (Å²) in [7, 11) is 0. The third-order valence-electron chi connectivity index (χ3n) is 3.27. The molecule has 0 fully saturated rings. The number of nitrogens with zero attached hydrogens (tertiary/aromatic N) is 1. The van der Waals surface area contributed by atoms with Crippen LogP contribution in [0.15, 0.2) is 18.2 Å². The molecular weight excluding hydrogens is 238 g/mol. The topological polar surface area (TPSA) is 12.9 Å². The minimum atomic E-state index is 0.746. The van der Waals surface area contributed by atoms with E-state index in [9.17, 15) is 0 Å². The number of aromatic nitrogens is 1. The molecule has 16 heavy (non-hydrogen) atoms. The van der Waals surface area contributed by atoms with E-state index in [0.29, 0.717) is 0 Å². The van der Waals surface area contributed by atoms with Gasteiger partial charge in [0.05, 0.1) is 10.5 Å². The number of hydrogen-bond acceptors (Lipinski definition) is 2. The van der Waals surface area contributed by atoms with Crippen molar-refractivity contribution in [3.63, 3.8) is 0 Å². The van der Waals surface area contributed by atoms with Crippen LogP contribution in [0.3, 0.4) is 0 Å². The van der Waals surface area contributed by atoms with Crippen LogP contribution >= 0.6 is 24.2 Å². The summed E-state index contributed by atoms with van der Waals surface area (Å²) in [6.07, 6.45) is 3.43. The maximum absolute atomic E-state index is 6.20. The van der Waals surface area contributed by atoms with Crippen LogP contribution in [0.2, 0.25) is 5.02 Å². The van der Waals surface area contributed by atoms with Gasteiger partial charge in [0.25, 0.3) is 0 Å². The first-order chi connectivity index (χ1) is 7.81. The molecule has 3 heteroatoms. The highest BCUT2D eigenvalue weighted by Gasteiger charge is 2.19. The van der Waals surface area contributed by atoms with Crippen LogP contribution in [0.5, 0.6) is 0 Å². The molecule has 0 amide bonds. The Bertz CT molecular complexity index is 565. The molecule has 0 saturated carbocycles. The lowest BCUT2D eigenvalue weighted by atomic mass is 10.0. The minimum Gasteiger partial charge on any atom is -0.251 e. The second kappa shape index (κ2) is 3.94. The van der Waals surface area contributed by atoms with Gasteiger partial charge in [0.2, 0.25) is 0 Å². The summed E-state index contributed by atoms with van der Waals surface area (Å²) in [6, 6.07) is 5.99. The van der Waals surface area contributed by atoms with Gasteiger partial charge in [-0.1, -0.05) is 23.7 Å². The maximum atomic E-state index is 6.20. The number of pyridine rings is 1. The summed E-state index contributed by atoms with van der Waals surface area (Å²) >= 11 is 10.6. The third kappa shape index (κ3) is 1.44. The van der Waals surface area contributed by atoms with E-state index in [4.69, 9.17) is 16.6 Å². The van der Waals surface area contributed by atoms with Gasteiger partial charge in [-0.05, 0) is 36.5 Å². The van der Waals surface area contributed by atoms with Crippen molar-refractivity contribution >= 4 is 35.1 Å². The molecule has 3 rings (SSSR count). The summed E-state index contributed by atoms with van der Waals surface area (Å²) in [5, 5.41) is 1.92. The predicted octanol–water partition coefficient (Wildman–Crippen LogP) is 3.81. The third-order valence-corrected chi connectivity index (χ3v) is 3.89. The van der Waals surface area contributed by atoms with E-state index in [2.05, 4.69) is 18.7 Å². The molecule has 1 aromatic carbocycles. The fraction of sp³-hybridized carbons (Fsp3) is 0.308. The summed E-state index contributed by atoms with van der Waals surface area (Å²) in [5.41, 5.74) is 4.90. The fourth-order valence-electron chi connectivity index (χ4n) is 2.53. The highest BCUT2D eigenvalue weighted by Crippen LogP contribution is 2.33. The molecule has 0 aliphatic heterocycles. The van der Waals surface area contributed by atoms with Crippen molar-refractivity contribution in [3.8, 4) is 0 Å². The van der Waals surface area contributed by atoms with Crippen molar-refractivity contribution in [1.29, 1.82) is 0 Å². The highest BCUT2D eigenvalue weighted by atomic mass is 35.5. The van der Waals surface area contributed by atoms with E-state index in [1.54, 1.807) is 0 Å². The quantitative estimate of drug-likeness (QED) is 0.759. The molecule has 1 heterocycles. The first-order valence-electron chi connectivity index (χ1n) is 5.51. The number of halogens is 1. The molecule has 0 radical (unpaired) electrons. The molecule has 2 aromatic rings. The zero-order valence-electron chi connectivity index (χ0n) is 8.83. The number of thiol groups is 1. The number of hydrogen-bond donors (Lipinski definition) is 1. The van der Waals surface area contributed by atoms with Crippen LogP contribution < -0.4 is 0 Å². The van der Waals surface area contributed by atoms with Gasteiger partial charge in [-0.25, -0.2) is 0 Å². The molecular formula is C13H12ClNS. The summed E-state index contributed by atoms with van der Waals surface area (Å²) < 4.78 is 0. The molecule has 1 aliphatic carbocycles. The standard InChI is InChI=1S/C13H12ClNS/c14-11-5-1-4-9-10(7-16)8-3-2-6-12(8)15-13(9)11/h1,4-5,16H,2-3,6-7H2. The fourth-order valence-corrected chi connectivity index (χ4v) is 3.10. The summed E-state index contributed by atoms with van der Waals surface area (Å²) in [6.45, 7) is 0. The van der Waals surface area contributed by atoms with Crippen LogP contribution in [-0.4, -0.2) is 4.98 Å². The largest absolute Gasteiger partial charge is 0.251 e. The Morgan fingerprint density at radius 2 is 2.19 bits per heavy atom. The van der Waals surface area contributed by atoms with Gasteiger partial charge in [0.1, 0.15) is 0 Å². The monoisotopic (exact) mass is 249 g/mol. The Kier molecular flexibility index (Phi) is 2.56. The number of rotatable bonds is 1. The van der Waals surface area contributed by atoms with Crippen LogP contribution in [0.25, 0.3) is 10.9 Å². The van der Waals surface area contributed by atoms with Gasteiger partial charge in [-0.15, -0.1) is 0 Å². The molecule has 0 unspecified atom stereocenters. The molecule has 0 atom stereocenters. The Hall–Kier alpha value is -0.730. The van der Waals surface area contributed by atoms with Crippen molar-refractivity contribution in [3.05, 3.63) is 40.0 Å². The molecule has 1 aliphatic rings. The first-order valence-corrected chi connectivity index (χ1v) is 6.52. The first kappa shape index (κ1) is 10.4. The van der Waals surface area contributed by atoms with E-state index in [-0.39, 0.29) is 0 Å². The van der Waals surface area contributed by atoms with E-state index in [1.165, 1.54) is 28.6 Å². The number of benzene rings is 1. The molecule has 0 N–H and O–H groups in total. The van der Waals surface area contributed by atoms with Crippen LogP contribution in [0, 0.1) is 0 Å². The zero-order valence-corrected chi connectivity index (χ0v) is 10.5. The van der Waals surface area contributed by atoms with Gasteiger partial charge in [0.15, 0.2) is 0 Å². The Morgan fingerprint density at radius 3 is 3.00 bits per heavy atom. The molecule has 1 aromatic heterocycles. The molecule has 0 bridgehead atoms. The molecule has 0 saturated heterocycles. The molecule has 0 spiro atoms. The van der Waals surface area contributed by atoms with E-state index in [0.717, 1.165) is 29.1 Å². The van der Waals surface area contributed by atoms with Gasteiger partial charge in [0, 0.05) is 16.8 Å². The second-order valence-electron chi connectivity index (χ2n) is 4.16. The van der Waals surface area contributed by atoms with Gasteiger partial charge >= 0.3 is 0 Å². The predicted molar refractivity (Wildman–Crippen MR) is 71.5 cm³/mol. The lowest BCUT2D eigenvalue weighted by Crippen LogP contribution is -1.97. The average Bonchev–Trinajstić information content (AvgIpc) is 2.75. The highest BCUT2D eigenvalue weighted by molar-refractivity contribution is 7.79. The van der Waals surface area contributed by atoms with Crippen LogP contribution in [-0.2, 0) is 18.6 Å². The number of fused-ring (bicyclic) bond motifs is 2. The van der Waals surface area contributed by atoms with Gasteiger partial charge < -0.3 is 0 Å². The van der Waals surface area contributed by atoms with Crippen LogP contribution in [0.4, 0.5) is 0 Å². The SMILES string of the molecule is SCc1c2c(nc3c(Cl)cccc13)CCC2. The minimum absolute atomic E-state index is 0.746. The van der Waals surface area contributed by atoms with Gasteiger partial charge in [-0.2, -0.15) is 12.6 Å². The molecule has 82 valence electrons. The zero-order chi connectivity index (χ0) is 11.1. The summed E-state index contributed by atoms with van der Waals surface area (Å²) in [4.78, 5) is 4.70. The lowest BCUT2D eigenvalue weighted by molar-refractivity contribution is 0.900. The Morgan fingerprint density at radius 1 is 1.31 bits per heavy atom. The van der Waals surface area contributed by atoms with Crippen molar-refractivity contribution in [1.82, 2.24) is 4.98 Å². The maximum Gasteiger partial charge on any atom is 0.0894 e. The second-order valence-corrected chi connectivity index (χ2v) is 4.89. The normalized spacial score (nSPS) is 14.4. The number of aryl methyl sites for hydroxylation is 1. The Balaban J connectivity index is 2.44. The van der Waals surface area contributed by atoms with Crippen molar-refractivity contribution < 1.29 is 0 Å². The number of para-hydroxylation sites is 1. The average molecular weight is 250 g/mol.